The molecule has 0 heterocycles. The Labute approximate surface area is 126 Å². The summed E-state index contributed by atoms with van der Waals surface area (Å²) in [4.78, 5) is 12.2. The van der Waals surface area contributed by atoms with E-state index in [0.717, 1.165) is 13.2 Å². The van der Waals surface area contributed by atoms with E-state index in [1.54, 1.807) is 0 Å². The Hall–Kier alpha value is -1.84. The highest BCUT2D eigenvalue weighted by atomic mass is 19.4. The predicted molar refractivity (Wildman–Crippen MR) is 65.2 cm³/mol. The summed E-state index contributed by atoms with van der Waals surface area (Å²) in [6.45, 7) is -2.69. The molecule has 0 aliphatic rings. The molecule has 0 fully saturated rings. The van der Waals surface area contributed by atoms with Crippen LogP contribution in [-0.2, 0) is 10.9 Å². The topological polar surface area (TPSA) is 29.5 Å². The number of alkyl halides is 6. The van der Waals surface area contributed by atoms with Crippen LogP contribution in [0.3, 0.4) is 0 Å². The van der Waals surface area contributed by atoms with Gasteiger partial charge < -0.3 is 9.64 Å². The first-order valence-electron chi connectivity index (χ1n) is 6.18. The molecule has 0 bridgehead atoms. The van der Waals surface area contributed by atoms with Crippen LogP contribution in [0, 0.1) is 5.82 Å². The van der Waals surface area contributed by atoms with Crippen LogP contribution in [0.15, 0.2) is 18.2 Å². The molecule has 0 N–H and O–H groups in total. The van der Waals surface area contributed by atoms with Crippen LogP contribution in [-0.4, -0.2) is 43.8 Å². The van der Waals surface area contributed by atoms with E-state index in [1.165, 1.54) is 0 Å². The van der Waals surface area contributed by atoms with Crippen molar-refractivity contribution in [3.63, 3.8) is 0 Å². The van der Waals surface area contributed by atoms with Crippen LogP contribution in [0.1, 0.15) is 15.9 Å². The van der Waals surface area contributed by atoms with E-state index < -0.39 is 48.3 Å². The van der Waals surface area contributed by atoms with E-state index in [4.69, 9.17) is 0 Å². The van der Waals surface area contributed by atoms with Crippen LogP contribution < -0.4 is 0 Å². The minimum atomic E-state index is -5.22. The fraction of sp³-hybridized carbons (Fsp3) is 0.462. The molecular weight excluding hydrogens is 335 g/mol. The maximum absolute atomic E-state index is 13.4. The van der Waals surface area contributed by atoms with Gasteiger partial charge in [0.25, 0.3) is 5.91 Å². The molecule has 130 valence electrons. The fourth-order valence-corrected chi connectivity index (χ4v) is 1.83. The normalized spacial score (nSPS) is 12.3. The molecule has 1 aromatic rings. The number of halogens is 7. The van der Waals surface area contributed by atoms with Crippen molar-refractivity contribution in [2.45, 2.75) is 12.4 Å². The Balaban J connectivity index is 3.26. The molecule has 1 amide bonds. The molecule has 0 aromatic heterocycles. The number of carbonyl (C=O) groups excluding carboxylic acids is 1. The molecule has 0 radical (unpaired) electrons. The van der Waals surface area contributed by atoms with Gasteiger partial charge in [-0.3, -0.25) is 4.79 Å². The molecule has 23 heavy (non-hydrogen) atoms. The van der Waals surface area contributed by atoms with Crippen LogP contribution in [0.2, 0.25) is 0 Å². The van der Waals surface area contributed by atoms with Gasteiger partial charge in [0, 0.05) is 13.7 Å². The number of hydrogen-bond acceptors (Lipinski definition) is 2. The number of amides is 1. The monoisotopic (exact) mass is 347 g/mol. The van der Waals surface area contributed by atoms with Crippen molar-refractivity contribution < 1.29 is 40.3 Å². The third kappa shape index (κ3) is 5.38. The van der Waals surface area contributed by atoms with Gasteiger partial charge in [-0.25, -0.2) is 4.39 Å². The highest BCUT2D eigenvalue weighted by molar-refractivity contribution is 5.96. The molecule has 0 saturated carbocycles. The predicted octanol–water partition coefficient (Wildman–Crippen LogP) is 3.50. The third-order valence-electron chi connectivity index (χ3n) is 2.75. The zero-order valence-electron chi connectivity index (χ0n) is 11.8. The van der Waals surface area contributed by atoms with Crippen molar-refractivity contribution in [3.05, 3.63) is 35.1 Å². The first kappa shape index (κ1) is 19.2. The molecule has 1 rings (SSSR count). The van der Waals surface area contributed by atoms with Gasteiger partial charge in [-0.15, -0.1) is 0 Å². The lowest BCUT2D eigenvalue weighted by molar-refractivity contribution is -0.142. The van der Waals surface area contributed by atoms with Crippen molar-refractivity contribution in [3.8, 4) is 0 Å². The van der Waals surface area contributed by atoms with Gasteiger partial charge in [-0.1, -0.05) is 6.07 Å². The lowest BCUT2D eigenvalue weighted by Gasteiger charge is -2.25. The molecule has 3 nitrogen and oxygen atoms in total. The Bertz CT molecular complexity index is 554. The van der Waals surface area contributed by atoms with Gasteiger partial charge in [0.2, 0.25) is 0 Å². The summed E-state index contributed by atoms with van der Waals surface area (Å²) < 4.78 is 94.0. The second-order valence-corrected chi connectivity index (χ2v) is 4.49. The quantitative estimate of drug-likeness (QED) is 0.763. The summed E-state index contributed by atoms with van der Waals surface area (Å²) >= 11 is 0. The Morgan fingerprint density at radius 3 is 2.26 bits per heavy atom. The number of ether oxygens (including phenoxy) is 1. The first-order chi connectivity index (χ1) is 10.5. The van der Waals surface area contributed by atoms with Gasteiger partial charge in [0.1, 0.15) is 17.9 Å². The largest absolute Gasteiger partial charge is 0.420 e. The second kappa shape index (κ2) is 7.16. The van der Waals surface area contributed by atoms with E-state index in [2.05, 4.69) is 4.74 Å². The van der Waals surface area contributed by atoms with E-state index in [0.29, 0.717) is 12.1 Å². The summed E-state index contributed by atoms with van der Waals surface area (Å²) in [5, 5.41) is 0. The lowest BCUT2D eigenvalue weighted by atomic mass is 10.0. The maximum atomic E-state index is 13.4. The summed E-state index contributed by atoms with van der Waals surface area (Å²) in [6, 6.07) is 1.92. The SMILES string of the molecule is COCCN(CC(F)(F)F)C(=O)c1cccc(F)c1C(F)(F)F. The lowest BCUT2D eigenvalue weighted by Crippen LogP contribution is -2.41. The zero-order chi connectivity index (χ0) is 17.8. The van der Waals surface area contributed by atoms with Crippen molar-refractivity contribution in [2.75, 3.05) is 26.8 Å². The minimum Gasteiger partial charge on any atom is -0.383 e. The van der Waals surface area contributed by atoms with Crippen molar-refractivity contribution in [1.82, 2.24) is 4.90 Å². The van der Waals surface area contributed by atoms with Crippen molar-refractivity contribution in [2.24, 2.45) is 0 Å². The van der Waals surface area contributed by atoms with Crippen LogP contribution in [0.5, 0.6) is 0 Å². The average molecular weight is 347 g/mol. The fourth-order valence-electron chi connectivity index (χ4n) is 1.83. The summed E-state index contributed by atoms with van der Waals surface area (Å²) in [6.07, 6.45) is -10.0. The molecule has 1 aromatic carbocycles. The number of nitrogens with zero attached hydrogens (tertiary/aromatic N) is 1. The molecule has 0 atom stereocenters. The van der Waals surface area contributed by atoms with Crippen molar-refractivity contribution in [1.29, 1.82) is 0 Å². The smallest absolute Gasteiger partial charge is 0.383 e. The highest BCUT2D eigenvalue weighted by Crippen LogP contribution is 2.34. The second-order valence-electron chi connectivity index (χ2n) is 4.49. The summed E-state index contributed by atoms with van der Waals surface area (Å²) in [7, 11) is 1.15. The highest BCUT2D eigenvalue weighted by Gasteiger charge is 2.41. The van der Waals surface area contributed by atoms with Crippen LogP contribution >= 0.6 is 0 Å². The summed E-state index contributed by atoms with van der Waals surface area (Å²) in [5.74, 6) is -3.31. The third-order valence-corrected chi connectivity index (χ3v) is 2.75. The van der Waals surface area contributed by atoms with Crippen LogP contribution in [0.25, 0.3) is 0 Å². The Morgan fingerprint density at radius 2 is 1.78 bits per heavy atom. The van der Waals surface area contributed by atoms with Gasteiger partial charge in [-0.05, 0) is 12.1 Å². The van der Waals surface area contributed by atoms with E-state index in [-0.39, 0.29) is 11.5 Å². The van der Waals surface area contributed by atoms with E-state index in [9.17, 15) is 35.5 Å². The number of benzene rings is 1. The molecule has 0 unspecified atom stereocenters. The van der Waals surface area contributed by atoms with Gasteiger partial charge in [-0.2, -0.15) is 26.3 Å². The standard InChI is InChI=1S/C13H12F7NO2/c1-23-6-5-21(7-12(15,16)17)11(22)8-3-2-4-9(14)10(8)13(18,19)20/h2-4H,5-7H2,1H3. The van der Waals surface area contributed by atoms with Crippen molar-refractivity contribution >= 4 is 5.91 Å². The van der Waals surface area contributed by atoms with Gasteiger partial charge >= 0.3 is 12.4 Å². The number of methoxy groups -OCH3 is 1. The minimum absolute atomic E-state index is 0.132. The molecule has 10 heteroatoms. The maximum Gasteiger partial charge on any atom is 0.420 e. The molecular formula is C13H12F7NO2. The molecule has 0 aliphatic heterocycles. The molecule has 0 saturated heterocycles. The Kier molecular flexibility index (Phi) is 5.98. The molecule has 0 spiro atoms. The number of rotatable bonds is 5. The number of hydrogen-bond donors (Lipinski definition) is 0. The zero-order valence-corrected chi connectivity index (χ0v) is 11.8. The number of carbonyl (C=O) groups is 1. The van der Waals surface area contributed by atoms with Gasteiger partial charge in [0.15, 0.2) is 0 Å². The molecule has 0 aliphatic carbocycles. The van der Waals surface area contributed by atoms with E-state index >= 15 is 0 Å². The van der Waals surface area contributed by atoms with E-state index in [1.807, 2.05) is 0 Å². The summed E-state index contributed by atoms with van der Waals surface area (Å²) in [5.41, 5.74) is -3.08. The average Bonchev–Trinajstić information content (AvgIpc) is 2.39. The van der Waals surface area contributed by atoms with Gasteiger partial charge in [0.05, 0.1) is 12.2 Å². The Morgan fingerprint density at radius 1 is 1.17 bits per heavy atom. The first-order valence-corrected chi connectivity index (χ1v) is 6.18. The van der Waals surface area contributed by atoms with Crippen LogP contribution in [0.4, 0.5) is 30.7 Å².